The summed E-state index contributed by atoms with van der Waals surface area (Å²) in [7, 11) is 1.19. The number of hydrogen-bond donors (Lipinski definition) is 1. The van der Waals surface area contributed by atoms with Crippen LogP contribution in [0.1, 0.15) is 303 Å². The van der Waals surface area contributed by atoms with E-state index in [1.165, 1.54) is 199 Å². The standard InChI is InChI=1S/C63H121N2O7P/c1-7-10-13-16-19-22-25-27-28-29-30-31-32-33-34-35-36-38-40-43-46-49-52-55-62(66)64-60(59-71-73(68,69)70-58-57-65(4,5)6)61(54-51-48-45-42-39-24-21-18-15-12-9-3)72-63(67)56-53-50-47-44-41-37-26-23-20-17-14-11-8-2/h27-28,37,41,51,54,60-61H,7-26,29-36,38-40,42-50,52-53,55-59H2,1-6H3,(H-,64,66,68,69)/b28-27+,41-37-,54-51-. The van der Waals surface area contributed by atoms with Crippen LogP contribution in [-0.2, 0) is 27.9 Å². The number of phosphoric ester groups is 1. The third-order valence-electron chi connectivity index (χ3n) is 14.0. The van der Waals surface area contributed by atoms with Gasteiger partial charge in [-0.2, -0.15) is 0 Å². The van der Waals surface area contributed by atoms with Crippen molar-refractivity contribution in [2.75, 3.05) is 40.9 Å². The lowest BCUT2D eigenvalue weighted by Gasteiger charge is -2.30. The molecule has 9 nitrogen and oxygen atoms in total. The van der Waals surface area contributed by atoms with Crippen molar-refractivity contribution < 1.29 is 37.3 Å². The second-order valence-electron chi connectivity index (χ2n) is 22.6. The molecule has 0 aliphatic carbocycles. The number of nitrogens with one attached hydrogen (secondary N) is 1. The van der Waals surface area contributed by atoms with Gasteiger partial charge in [-0.25, -0.2) is 0 Å². The zero-order chi connectivity index (χ0) is 53.6. The van der Waals surface area contributed by atoms with Crippen LogP contribution in [0.15, 0.2) is 36.5 Å². The molecule has 0 spiro atoms. The summed E-state index contributed by atoms with van der Waals surface area (Å²) in [5.74, 6) is -0.550. The van der Waals surface area contributed by atoms with E-state index in [-0.39, 0.29) is 31.5 Å². The molecule has 0 aromatic rings. The maximum atomic E-state index is 13.5. The van der Waals surface area contributed by atoms with Gasteiger partial charge >= 0.3 is 5.97 Å². The molecule has 0 fully saturated rings. The van der Waals surface area contributed by atoms with Crippen LogP contribution in [0.4, 0.5) is 0 Å². The molecule has 0 aliphatic rings. The molecule has 0 aromatic heterocycles. The van der Waals surface area contributed by atoms with Gasteiger partial charge in [0, 0.05) is 12.8 Å². The molecule has 1 N–H and O–H groups in total. The van der Waals surface area contributed by atoms with Crippen molar-refractivity contribution >= 4 is 19.7 Å². The number of quaternary nitrogens is 1. The molecule has 73 heavy (non-hydrogen) atoms. The van der Waals surface area contributed by atoms with Gasteiger partial charge in [0.05, 0.1) is 33.8 Å². The molecule has 0 saturated heterocycles. The number of amides is 1. The highest BCUT2D eigenvalue weighted by atomic mass is 31.2. The Labute approximate surface area is 453 Å². The number of carbonyl (C=O) groups excluding carboxylic acids is 2. The summed E-state index contributed by atoms with van der Waals surface area (Å²) < 4.78 is 30.3. The Morgan fingerprint density at radius 2 is 0.795 bits per heavy atom. The molecule has 0 heterocycles. The highest BCUT2D eigenvalue weighted by Crippen LogP contribution is 2.38. The SMILES string of the molecule is CCCCCCCC/C=C\CCCCCC(=O)OC(/C=C\CCCCCCCCCCC)C(COP(=O)([O-])OCC[N+](C)(C)C)NC(=O)CCCCCCCCCCCCCCC/C=C/CCCCCCCC. The Hall–Kier alpha value is -1.77. The lowest BCUT2D eigenvalue weighted by molar-refractivity contribution is -0.870. The first-order valence-corrected chi connectivity index (χ1v) is 32.8. The van der Waals surface area contributed by atoms with Gasteiger partial charge in [0.25, 0.3) is 7.82 Å². The highest BCUT2D eigenvalue weighted by molar-refractivity contribution is 7.45. The molecule has 10 heteroatoms. The first kappa shape index (κ1) is 71.2. The fraction of sp³-hybridized carbons (Fsp3) is 0.873. The number of hydrogen-bond acceptors (Lipinski definition) is 7. The van der Waals surface area contributed by atoms with E-state index in [0.717, 1.165) is 64.2 Å². The Morgan fingerprint density at radius 3 is 1.18 bits per heavy atom. The number of likely N-dealkylation sites (N-methyl/N-ethyl adjacent to an activating group) is 1. The maximum Gasteiger partial charge on any atom is 0.306 e. The fourth-order valence-corrected chi connectivity index (χ4v) is 9.88. The van der Waals surface area contributed by atoms with E-state index < -0.39 is 20.0 Å². The second-order valence-corrected chi connectivity index (χ2v) is 24.0. The topological polar surface area (TPSA) is 114 Å². The van der Waals surface area contributed by atoms with Gasteiger partial charge in [-0.15, -0.1) is 0 Å². The van der Waals surface area contributed by atoms with Crippen molar-refractivity contribution in [1.82, 2.24) is 5.32 Å². The minimum Gasteiger partial charge on any atom is -0.756 e. The van der Waals surface area contributed by atoms with E-state index in [1.807, 2.05) is 33.3 Å². The minimum absolute atomic E-state index is 0.0227. The summed E-state index contributed by atoms with van der Waals surface area (Å²) in [6.45, 7) is 6.84. The van der Waals surface area contributed by atoms with E-state index in [0.29, 0.717) is 23.9 Å². The van der Waals surface area contributed by atoms with Crippen molar-refractivity contribution in [2.24, 2.45) is 0 Å². The summed E-state index contributed by atoms with van der Waals surface area (Å²) in [4.78, 5) is 39.9. The van der Waals surface area contributed by atoms with E-state index in [9.17, 15) is 19.0 Å². The minimum atomic E-state index is -4.69. The van der Waals surface area contributed by atoms with Gasteiger partial charge in [-0.3, -0.25) is 14.2 Å². The van der Waals surface area contributed by atoms with Crippen molar-refractivity contribution in [1.29, 1.82) is 0 Å². The van der Waals surface area contributed by atoms with Crippen LogP contribution < -0.4 is 10.2 Å². The normalized spacial score (nSPS) is 13.9. The summed E-state index contributed by atoms with van der Waals surface area (Å²) in [5.41, 5.74) is 0. The Kier molecular flexibility index (Phi) is 52.3. The third kappa shape index (κ3) is 54.8. The van der Waals surface area contributed by atoms with Gasteiger partial charge in [-0.1, -0.05) is 244 Å². The fourth-order valence-electron chi connectivity index (χ4n) is 9.16. The van der Waals surface area contributed by atoms with Crippen LogP contribution in [0.25, 0.3) is 0 Å². The maximum absolute atomic E-state index is 13.5. The van der Waals surface area contributed by atoms with E-state index >= 15 is 0 Å². The van der Waals surface area contributed by atoms with Gasteiger partial charge in [0.15, 0.2) is 0 Å². The number of rotatable bonds is 57. The monoisotopic (exact) mass is 1050 g/mol. The molecule has 0 bridgehead atoms. The van der Waals surface area contributed by atoms with Gasteiger partial charge < -0.3 is 28.5 Å². The largest absolute Gasteiger partial charge is 0.756 e. The quantitative estimate of drug-likeness (QED) is 0.0212. The van der Waals surface area contributed by atoms with Crippen LogP contribution in [0.2, 0.25) is 0 Å². The number of nitrogens with zero attached hydrogens (tertiary/aromatic N) is 1. The summed E-state index contributed by atoms with van der Waals surface area (Å²) in [5, 5.41) is 3.03. The van der Waals surface area contributed by atoms with E-state index in [4.69, 9.17) is 13.8 Å². The number of carbonyl (C=O) groups is 2. The molecule has 0 aromatic carbocycles. The van der Waals surface area contributed by atoms with E-state index in [2.05, 4.69) is 50.4 Å². The number of esters is 1. The van der Waals surface area contributed by atoms with Crippen molar-refractivity contribution in [3.8, 4) is 0 Å². The van der Waals surface area contributed by atoms with Crippen LogP contribution in [0, 0.1) is 0 Å². The van der Waals surface area contributed by atoms with Crippen LogP contribution in [-0.4, -0.2) is 69.4 Å². The Balaban J connectivity index is 5.11. The van der Waals surface area contributed by atoms with Gasteiger partial charge in [0.2, 0.25) is 5.91 Å². The number of ether oxygens (including phenoxy) is 1. The zero-order valence-corrected chi connectivity index (χ0v) is 50.0. The average molecular weight is 1050 g/mol. The third-order valence-corrected chi connectivity index (χ3v) is 15.0. The molecular weight excluding hydrogens is 928 g/mol. The molecule has 0 radical (unpaired) electrons. The molecule has 0 rings (SSSR count). The first-order valence-electron chi connectivity index (χ1n) is 31.3. The molecule has 0 aliphatic heterocycles. The van der Waals surface area contributed by atoms with Crippen LogP contribution >= 0.6 is 7.82 Å². The smallest absolute Gasteiger partial charge is 0.306 e. The second kappa shape index (κ2) is 53.6. The predicted molar refractivity (Wildman–Crippen MR) is 312 cm³/mol. The number of unbranched alkanes of at least 4 members (excludes halogenated alkanes) is 37. The lowest BCUT2D eigenvalue weighted by Crippen LogP contribution is -2.47. The predicted octanol–water partition coefficient (Wildman–Crippen LogP) is 18.5. The van der Waals surface area contributed by atoms with Gasteiger partial charge in [0.1, 0.15) is 19.3 Å². The van der Waals surface area contributed by atoms with Crippen molar-refractivity contribution in [2.45, 2.75) is 315 Å². The zero-order valence-electron chi connectivity index (χ0n) is 49.1. The molecule has 0 saturated carbocycles. The van der Waals surface area contributed by atoms with Crippen molar-refractivity contribution in [3.63, 3.8) is 0 Å². The molecule has 1 amide bonds. The summed E-state index contributed by atoms with van der Waals surface area (Å²) >= 11 is 0. The van der Waals surface area contributed by atoms with Crippen molar-refractivity contribution in [3.05, 3.63) is 36.5 Å². The van der Waals surface area contributed by atoms with E-state index in [1.54, 1.807) is 0 Å². The lowest BCUT2D eigenvalue weighted by atomic mass is 10.0. The number of allylic oxidation sites excluding steroid dienone is 5. The molecule has 3 unspecified atom stereocenters. The first-order chi connectivity index (χ1) is 35.4. The number of phosphoric acid groups is 1. The molecular formula is C63H121N2O7P. The van der Waals surface area contributed by atoms with Gasteiger partial charge in [-0.05, 0) is 83.1 Å². The summed E-state index contributed by atoms with van der Waals surface area (Å²) in [6, 6.07) is -0.890. The Bertz CT molecular complexity index is 1350. The van der Waals surface area contributed by atoms with Crippen LogP contribution in [0.5, 0.6) is 0 Å². The Morgan fingerprint density at radius 1 is 0.466 bits per heavy atom. The summed E-state index contributed by atoms with van der Waals surface area (Å²) in [6.07, 6.45) is 64.0. The molecule has 430 valence electrons. The average Bonchev–Trinajstić information content (AvgIpc) is 3.35. The highest BCUT2D eigenvalue weighted by Gasteiger charge is 2.27. The van der Waals surface area contributed by atoms with Crippen LogP contribution in [0.3, 0.4) is 0 Å². The molecule has 3 atom stereocenters.